The zero-order valence-electron chi connectivity index (χ0n) is 16.7. The van der Waals surface area contributed by atoms with Crippen molar-refractivity contribution in [3.63, 3.8) is 0 Å². The van der Waals surface area contributed by atoms with Gasteiger partial charge in [-0.1, -0.05) is 18.2 Å². The minimum atomic E-state index is -4.06. The number of ether oxygens (including phenoxy) is 1. The lowest BCUT2D eigenvalue weighted by molar-refractivity contribution is 0.0523. The lowest BCUT2D eigenvalue weighted by Gasteiger charge is -2.21. The molecule has 3 rings (SSSR count). The fourth-order valence-electron chi connectivity index (χ4n) is 3.31. The fourth-order valence-corrected chi connectivity index (χ4v) is 7.70. The molecule has 1 heterocycles. The van der Waals surface area contributed by atoms with E-state index in [1.165, 1.54) is 24.3 Å². The van der Waals surface area contributed by atoms with Crippen LogP contribution in [0.1, 0.15) is 37.1 Å². The van der Waals surface area contributed by atoms with Crippen LogP contribution in [0.4, 0.5) is 4.79 Å². The van der Waals surface area contributed by atoms with Gasteiger partial charge >= 0.3 is 6.09 Å². The van der Waals surface area contributed by atoms with Gasteiger partial charge in [-0.05, 0) is 50.6 Å². The second-order valence-corrected chi connectivity index (χ2v) is 12.1. The summed E-state index contributed by atoms with van der Waals surface area (Å²) in [6, 6.07) is 9.90. The van der Waals surface area contributed by atoms with E-state index in [1.807, 2.05) is 0 Å². The van der Waals surface area contributed by atoms with Gasteiger partial charge in [0, 0.05) is 5.56 Å². The first-order valence-electron chi connectivity index (χ1n) is 9.16. The van der Waals surface area contributed by atoms with Crippen LogP contribution in [0.15, 0.2) is 52.3 Å². The van der Waals surface area contributed by atoms with Crippen LogP contribution in [0.2, 0.25) is 0 Å². The molecule has 2 aromatic carbocycles. The van der Waals surface area contributed by atoms with Crippen molar-refractivity contribution in [1.29, 1.82) is 0 Å². The quantitative estimate of drug-likeness (QED) is 0.729. The second kappa shape index (κ2) is 7.59. The molecular formula is C20H23NO7S2. The molecule has 2 aromatic rings. The third kappa shape index (κ3) is 4.29. The Hall–Kier alpha value is -2.59. The fraction of sp³-hybridized carbons (Fsp3) is 0.350. The minimum Gasteiger partial charge on any atom is -0.508 e. The standard InChI is InChI=1S/C20H23NO7S2/c1-20(2,3)28-19(23)21-11-14-15(22)9-10-16-18(14)17(12-29(16,24)25)30(26,27)13-7-5-4-6-8-13/h4-10,17,22H,11-12H2,1-3H3,(H,21,23). The van der Waals surface area contributed by atoms with E-state index in [-0.39, 0.29) is 33.2 Å². The molecule has 1 unspecified atom stereocenters. The summed E-state index contributed by atoms with van der Waals surface area (Å²) in [7, 11) is -7.95. The van der Waals surface area contributed by atoms with Crippen molar-refractivity contribution in [2.45, 2.75) is 48.0 Å². The van der Waals surface area contributed by atoms with Gasteiger partial charge in [0.1, 0.15) is 16.6 Å². The van der Waals surface area contributed by atoms with Crippen molar-refractivity contribution in [3.05, 3.63) is 53.6 Å². The predicted molar refractivity (Wildman–Crippen MR) is 110 cm³/mol. The Labute approximate surface area is 175 Å². The number of fused-ring (bicyclic) bond motifs is 1. The Balaban J connectivity index is 2.06. The minimum absolute atomic E-state index is 0.0186. The monoisotopic (exact) mass is 453 g/mol. The number of carbonyl (C=O) groups is 1. The van der Waals surface area contributed by atoms with Crippen LogP contribution < -0.4 is 5.32 Å². The van der Waals surface area contributed by atoms with E-state index in [0.717, 1.165) is 0 Å². The maximum atomic E-state index is 13.2. The molecule has 0 saturated carbocycles. The van der Waals surface area contributed by atoms with Crippen molar-refractivity contribution in [2.75, 3.05) is 5.75 Å². The van der Waals surface area contributed by atoms with Crippen molar-refractivity contribution >= 4 is 25.8 Å². The summed E-state index contributed by atoms with van der Waals surface area (Å²) in [4.78, 5) is 11.8. The molecule has 1 aliphatic heterocycles. The summed E-state index contributed by atoms with van der Waals surface area (Å²) in [5, 5.41) is 11.4. The van der Waals surface area contributed by atoms with Crippen LogP contribution in [-0.4, -0.2) is 39.4 Å². The highest BCUT2D eigenvalue weighted by Crippen LogP contribution is 2.45. The molecule has 0 aliphatic carbocycles. The highest BCUT2D eigenvalue weighted by molar-refractivity contribution is 7.96. The molecule has 1 aliphatic rings. The third-order valence-corrected chi connectivity index (χ3v) is 8.66. The number of sulfone groups is 2. The van der Waals surface area contributed by atoms with Gasteiger partial charge in [0.05, 0.1) is 22.1 Å². The summed E-state index contributed by atoms with van der Waals surface area (Å²) in [6.45, 7) is 4.75. The van der Waals surface area contributed by atoms with Gasteiger partial charge < -0.3 is 15.2 Å². The average Bonchev–Trinajstić information content (AvgIpc) is 2.92. The molecule has 1 amide bonds. The highest BCUT2D eigenvalue weighted by Gasteiger charge is 2.45. The molecule has 0 spiro atoms. The number of benzene rings is 2. The van der Waals surface area contributed by atoms with Crippen LogP contribution in [0, 0.1) is 0 Å². The molecule has 2 N–H and O–H groups in total. The van der Waals surface area contributed by atoms with Crippen LogP contribution >= 0.6 is 0 Å². The highest BCUT2D eigenvalue weighted by atomic mass is 32.2. The Morgan fingerprint density at radius 1 is 1.17 bits per heavy atom. The maximum Gasteiger partial charge on any atom is 0.407 e. The lowest BCUT2D eigenvalue weighted by Crippen LogP contribution is -2.32. The summed E-state index contributed by atoms with van der Waals surface area (Å²) >= 11 is 0. The van der Waals surface area contributed by atoms with Crippen LogP contribution in [0.25, 0.3) is 0 Å². The molecule has 0 saturated heterocycles. The number of phenols is 1. The number of amides is 1. The largest absolute Gasteiger partial charge is 0.508 e. The van der Waals surface area contributed by atoms with Gasteiger partial charge in [-0.25, -0.2) is 21.6 Å². The van der Waals surface area contributed by atoms with Gasteiger partial charge in [0.2, 0.25) is 0 Å². The number of hydrogen-bond acceptors (Lipinski definition) is 7. The SMILES string of the molecule is CC(C)(C)OC(=O)NCc1c(O)ccc2c1C(S(=O)(=O)c1ccccc1)CS2(=O)=O. The number of rotatable bonds is 4. The molecule has 0 aromatic heterocycles. The van der Waals surface area contributed by atoms with Gasteiger partial charge in [-0.2, -0.15) is 0 Å². The van der Waals surface area contributed by atoms with Gasteiger partial charge in [0.25, 0.3) is 0 Å². The molecule has 0 fully saturated rings. The first-order valence-corrected chi connectivity index (χ1v) is 12.4. The van der Waals surface area contributed by atoms with Crippen LogP contribution in [0.3, 0.4) is 0 Å². The molecule has 1 atom stereocenters. The number of alkyl carbamates (subject to hydrolysis) is 1. The molecule has 0 bridgehead atoms. The van der Waals surface area contributed by atoms with Crippen molar-refractivity contribution in [1.82, 2.24) is 5.32 Å². The van der Waals surface area contributed by atoms with E-state index in [0.29, 0.717) is 0 Å². The van der Waals surface area contributed by atoms with E-state index in [1.54, 1.807) is 39.0 Å². The molecule has 162 valence electrons. The third-order valence-electron chi connectivity index (χ3n) is 4.57. The van der Waals surface area contributed by atoms with Crippen molar-refractivity contribution in [3.8, 4) is 5.75 Å². The van der Waals surface area contributed by atoms with Crippen molar-refractivity contribution in [2.24, 2.45) is 0 Å². The Bertz CT molecular complexity index is 1180. The van der Waals surface area contributed by atoms with E-state index < -0.39 is 42.4 Å². The van der Waals surface area contributed by atoms with Crippen molar-refractivity contribution < 1.29 is 31.5 Å². The number of hydrogen-bond donors (Lipinski definition) is 2. The Morgan fingerprint density at radius 2 is 1.80 bits per heavy atom. The van der Waals surface area contributed by atoms with Crippen LogP contribution in [-0.2, 0) is 31.0 Å². The average molecular weight is 454 g/mol. The zero-order valence-corrected chi connectivity index (χ0v) is 18.4. The lowest BCUT2D eigenvalue weighted by atomic mass is 10.0. The first kappa shape index (κ1) is 22.1. The first-order chi connectivity index (χ1) is 13.8. The summed E-state index contributed by atoms with van der Waals surface area (Å²) < 4.78 is 56.9. The Morgan fingerprint density at radius 3 is 2.40 bits per heavy atom. The number of carbonyl (C=O) groups excluding carboxylic acids is 1. The topological polar surface area (TPSA) is 127 Å². The molecule has 10 heteroatoms. The molecule has 8 nitrogen and oxygen atoms in total. The molecule has 30 heavy (non-hydrogen) atoms. The summed E-state index contributed by atoms with van der Waals surface area (Å²) in [5.41, 5.74) is -0.744. The van der Waals surface area contributed by atoms with Gasteiger partial charge in [-0.15, -0.1) is 0 Å². The summed E-state index contributed by atoms with van der Waals surface area (Å²) in [6.07, 6.45) is -0.775. The van der Waals surface area contributed by atoms with E-state index in [2.05, 4.69) is 5.32 Å². The van der Waals surface area contributed by atoms with E-state index >= 15 is 0 Å². The van der Waals surface area contributed by atoms with Gasteiger partial charge in [-0.3, -0.25) is 0 Å². The smallest absolute Gasteiger partial charge is 0.407 e. The molecule has 0 radical (unpaired) electrons. The van der Waals surface area contributed by atoms with Gasteiger partial charge in [0.15, 0.2) is 19.7 Å². The Kier molecular flexibility index (Phi) is 5.59. The maximum absolute atomic E-state index is 13.2. The van der Waals surface area contributed by atoms with E-state index in [4.69, 9.17) is 4.74 Å². The zero-order chi connectivity index (χ0) is 22.3. The van der Waals surface area contributed by atoms with Crippen LogP contribution in [0.5, 0.6) is 5.75 Å². The number of aromatic hydroxyl groups is 1. The van der Waals surface area contributed by atoms with E-state index in [9.17, 15) is 26.7 Å². The second-order valence-electron chi connectivity index (χ2n) is 7.96. The number of nitrogens with one attached hydrogen (secondary N) is 1. The molecular weight excluding hydrogens is 430 g/mol. The normalized spacial score (nSPS) is 17.9. The summed E-state index contributed by atoms with van der Waals surface area (Å²) in [5.74, 6) is -0.946. The number of phenolic OH excluding ortho intramolecular Hbond substituents is 1. The predicted octanol–water partition coefficient (Wildman–Crippen LogP) is 2.72.